The van der Waals surface area contributed by atoms with E-state index in [1.807, 2.05) is 21.9 Å². The third-order valence-electron chi connectivity index (χ3n) is 6.42. The third-order valence-corrected chi connectivity index (χ3v) is 6.42. The molecule has 0 bridgehead atoms. The van der Waals surface area contributed by atoms with E-state index in [-0.39, 0.29) is 30.8 Å². The highest BCUT2D eigenvalue weighted by molar-refractivity contribution is 5.94. The molecule has 2 fully saturated rings. The highest BCUT2D eigenvalue weighted by atomic mass is 35.5. The molecule has 154 valence electrons. The number of aliphatic carboxylic acids is 1. The zero-order valence-electron chi connectivity index (χ0n) is 16.2. The molecule has 0 spiro atoms. The monoisotopic (exact) mass is 407 g/mol. The molecule has 1 unspecified atom stereocenters. The predicted molar refractivity (Wildman–Crippen MR) is 112 cm³/mol. The Morgan fingerprint density at radius 2 is 1.96 bits per heavy atom. The first kappa shape index (κ1) is 20.9. The first-order valence-electron chi connectivity index (χ1n) is 10.2. The van der Waals surface area contributed by atoms with Gasteiger partial charge in [-0.3, -0.25) is 9.69 Å². The van der Waals surface area contributed by atoms with Crippen LogP contribution in [0.5, 0.6) is 0 Å². The Kier molecular flexibility index (Phi) is 6.83. The second-order valence-electron chi connectivity index (χ2n) is 8.12. The summed E-state index contributed by atoms with van der Waals surface area (Å²) in [5, 5.41) is 12.5. The fourth-order valence-corrected chi connectivity index (χ4v) is 4.82. The van der Waals surface area contributed by atoms with Gasteiger partial charge in [-0.05, 0) is 80.3 Å². The molecule has 0 radical (unpaired) electrons. The number of amides is 2. The van der Waals surface area contributed by atoms with E-state index in [9.17, 15) is 9.59 Å². The lowest BCUT2D eigenvalue weighted by molar-refractivity contribution is -0.137. The minimum Gasteiger partial charge on any atom is -0.481 e. The van der Waals surface area contributed by atoms with Crippen LogP contribution in [0.4, 0.5) is 10.5 Å². The van der Waals surface area contributed by atoms with Gasteiger partial charge >= 0.3 is 12.0 Å². The number of carboxylic acid groups (broad SMARTS) is 1. The number of urea groups is 1. The molecule has 7 heteroatoms. The van der Waals surface area contributed by atoms with Crippen molar-refractivity contribution in [1.82, 2.24) is 10.2 Å². The topological polar surface area (TPSA) is 72.9 Å². The van der Waals surface area contributed by atoms with Crippen LogP contribution in [0.25, 0.3) is 0 Å². The standard InChI is InChI=1S/C21H29N3O3.ClH/c25-20(26)14-17-2-1-16-13-18(3-4-19(16)17)24-12-11-23(21(24)27)10-7-15-5-8-22-9-6-15;/h3-4,13,15,17,22H,1-2,5-12,14H2,(H,25,26);1H. The summed E-state index contributed by atoms with van der Waals surface area (Å²) in [5.41, 5.74) is 3.31. The van der Waals surface area contributed by atoms with E-state index in [1.54, 1.807) is 0 Å². The fourth-order valence-electron chi connectivity index (χ4n) is 4.82. The molecule has 1 aromatic carbocycles. The summed E-state index contributed by atoms with van der Waals surface area (Å²) in [5.74, 6) is 0.109. The number of piperidine rings is 1. The molecule has 1 aliphatic carbocycles. The van der Waals surface area contributed by atoms with Gasteiger partial charge in [0.2, 0.25) is 0 Å². The average molecular weight is 408 g/mol. The smallest absolute Gasteiger partial charge is 0.324 e. The first-order valence-corrected chi connectivity index (χ1v) is 10.2. The van der Waals surface area contributed by atoms with E-state index in [2.05, 4.69) is 11.4 Å². The molecule has 2 saturated heterocycles. The number of carboxylic acids is 1. The number of fused-ring (bicyclic) bond motifs is 1. The number of aryl methyl sites for hydroxylation is 1. The molecule has 0 saturated carbocycles. The number of nitrogens with zero attached hydrogens (tertiary/aromatic N) is 2. The van der Waals surface area contributed by atoms with E-state index in [1.165, 1.54) is 18.4 Å². The molecule has 2 aliphatic heterocycles. The van der Waals surface area contributed by atoms with Crippen molar-refractivity contribution in [2.75, 3.05) is 37.6 Å². The summed E-state index contributed by atoms with van der Waals surface area (Å²) in [6, 6.07) is 6.25. The van der Waals surface area contributed by atoms with Crippen molar-refractivity contribution in [3.05, 3.63) is 29.3 Å². The number of hydrogen-bond donors (Lipinski definition) is 2. The summed E-state index contributed by atoms with van der Waals surface area (Å²) in [6.45, 7) is 4.59. The maximum absolute atomic E-state index is 12.9. The van der Waals surface area contributed by atoms with E-state index in [0.29, 0.717) is 0 Å². The number of rotatable bonds is 6. The zero-order valence-corrected chi connectivity index (χ0v) is 17.0. The minimum absolute atomic E-state index is 0. The normalized spacial score (nSPS) is 22.3. The Labute approximate surface area is 172 Å². The van der Waals surface area contributed by atoms with Crippen LogP contribution in [0.15, 0.2) is 18.2 Å². The van der Waals surface area contributed by atoms with Crippen LogP contribution in [0.3, 0.4) is 0 Å². The molecule has 2 amide bonds. The summed E-state index contributed by atoms with van der Waals surface area (Å²) in [6.07, 6.45) is 5.52. The van der Waals surface area contributed by atoms with Gasteiger partial charge in [-0.1, -0.05) is 6.07 Å². The molecular weight excluding hydrogens is 378 g/mol. The van der Waals surface area contributed by atoms with Crippen molar-refractivity contribution >= 4 is 30.1 Å². The third kappa shape index (κ3) is 4.44. The Morgan fingerprint density at radius 3 is 2.71 bits per heavy atom. The van der Waals surface area contributed by atoms with Crippen LogP contribution < -0.4 is 10.2 Å². The van der Waals surface area contributed by atoms with E-state index in [0.717, 1.165) is 69.2 Å². The fraction of sp³-hybridized carbons (Fsp3) is 0.619. The van der Waals surface area contributed by atoms with Gasteiger partial charge in [0.1, 0.15) is 0 Å². The highest BCUT2D eigenvalue weighted by Crippen LogP contribution is 2.38. The lowest BCUT2D eigenvalue weighted by Crippen LogP contribution is -2.34. The Morgan fingerprint density at radius 1 is 1.18 bits per heavy atom. The number of benzene rings is 1. The van der Waals surface area contributed by atoms with E-state index in [4.69, 9.17) is 5.11 Å². The minimum atomic E-state index is -0.740. The van der Waals surface area contributed by atoms with Crippen molar-refractivity contribution in [3.8, 4) is 0 Å². The van der Waals surface area contributed by atoms with Crippen LogP contribution >= 0.6 is 12.4 Å². The lowest BCUT2D eigenvalue weighted by Gasteiger charge is -2.25. The Bertz CT molecular complexity index is 721. The second kappa shape index (κ2) is 9.14. The number of halogens is 1. The Balaban J connectivity index is 0.00000225. The van der Waals surface area contributed by atoms with Crippen molar-refractivity contribution in [1.29, 1.82) is 0 Å². The molecule has 6 nitrogen and oxygen atoms in total. The molecule has 1 aromatic rings. The van der Waals surface area contributed by atoms with Gasteiger partial charge < -0.3 is 15.3 Å². The Hall–Kier alpha value is -1.79. The lowest BCUT2D eigenvalue weighted by atomic mass is 9.94. The number of anilines is 1. The average Bonchev–Trinajstić information content (AvgIpc) is 3.23. The molecule has 2 heterocycles. The van der Waals surface area contributed by atoms with Gasteiger partial charge in [0.15, 0.2) is 0 Å². The van der Waals surface area contributed by atoms with Gasteiger partial charge in [0.05, 0.1) is 6.42 Å². The van der Waals surface area contributed by atoms with Gasteiger partial charge in [0, 0.05) is 25.3 Å². The van der Waals surface area contributed by atoms with Crippen LogP contribution in [0, 0.1) is 5.92 Å². The van der Waals surface area contributed by atoms with Crippen molar-refractivity contribution in [3.63, 3.8) is 0 Å². The van der Waals surface area contributed by atoms with E-state index >= 15 is 0 Å². The van der Waals surface area contributed by atoms with Gasteiger partial charge in [-0.15, -0.1) is 12.4 Å². The molecular formula is C21H30ClN3O3. The molecule has 3 aliphatic rings. The molecule has 28 heavy (non-hydrogen) atoms. The van der Waals surface area contributed by atoms with Crippen LogP contribution in [0.2, 0.25) is 0 Å². The largest absolute Gasteiger partial charge is 0.481 e. The first-order chi connectivity index (χ1) is 13.1. The maximum Gasteiger partial charge on any atom is 0.324 e. The molecule has 4 rings (SSSR count). The SMILES string of the molecule is Cl.O=C(O)CC1CCc2cc(N3CCN(CCC4CCNCC4)C3=O)ccc21. The second-order valence-corrected chi connectivity index (χ2v) is 8.12. The molecule has 2 N–H and O–H groups in total. The van der Waals surface area contributed by atoms with Gasteiger partial charge in [0.25, 0.3) is 0 Å². The van der Waals surface area contributed by atoms with E-state index < -0.39 is 5.97 Å². The highest BCUT2D eigenvalue weighted by Gasteiger charge is 2.31. The number of carbonyl (C=O) groups excluding carboxylic acids is 1. The zero-order chi connectivity index (χ0) is 18.8. The van der Waals surface area contributed by atoms with Crippen molar-refractivity contribution in [2.24, 2.45) is 5.92 Å². The molecule has 1 atom stereocenters. The number of hydrogen-bond acceptors (Lipinski definition) is 3. The van der Waals surface area contributed by atoms with Gasteiger partial charge in [-0.2, -0.15) is 0 Å². The number of carbonyl (C=O) groups is 2. The molecule has 0 aromatic heterocycles. The summed E-state index contributed by atoms with van der Waals surface area (Å²) in [7, 11) is 0. The maximum atomic E-state index is 12.9. The van der Waals surface area contributed by atoms with Gasteiger partial charge in [-0.25, -0.2) is 4.79 Å². The van der Waals surface area contributed by atoms with Crippen molar-refractivity contribution in [2.45, 2.75) is 44.4 Å². The quantitative estimate of drug-likeness (QED) is 0.759. The van der Waals surface area contributed by atoms with Crippen LogP contribution in [0.1, 0.15) is 49.1 Å². The number of nitrogens with one attached hydrogen (secondary N) is 1. The summed E-state index contributed by atoms with van der Waals surface area (Å²) >= 11 is 0. The van der Waals surface area contributed by atoms with Crippen LogP contribution in [-0.4, -0.2) is 54.7 Å². The van der Waals surface area contributed by atoms with Crippen molar-refractivity contribution < 1.29 is 14.7 Å². The van der Waals surface area contributed by atoms with Crippen LogP contribution in [-0.2, 0) is 11.2 Å². The summed E-state index contributed by atoms with van der Waals surface area (Å²) in [4.78, 5) is 27.8. The summed E-state index contributed by atoms with van der Waals surface area (Å²) < 4.78 is 0. The predicted octanol–water partition coefficient (Wildman–Crippen LogP) is 3.24.